The van der Waals surface area contributed by atoms with Crippen LogP contribution in [0.1, 0.15) is 19.3 Å². The first kappa shape index (κ1) is 9.26. The van der Waals surface area contributed by atoms with Gasteiger partial charge < -0.3 is 5.11 Å². The fourth-order valence-corrected chi connectivity index (χ4v) is 1.30. The summed E-state index contributed by atoms with van der Waals surface area (Å²) in [6, 6.07) is 0.684. The second-order valence-corrected chi connectivity index (χ2v) is 3.26. The lowest BCUT2D eigenvalue weighted by molar-refractivity contribution is -0.131. The highest BCUT2D eigenvalue weighted by atomic mass is 16.4. The molecule has 0 amide bonds. The van der Waals surface area contributed by atoms with Crippen LogP contribution in [0.25, 0.3) is 0 Å². The molecule has 1 aliphatic rings. The number of hydrogen-bond donors (Lipinski definition) is 1. The Morgan fingerprint density at radius 3 is 2.75 bits per heavy atom. The van der Waals surface area contributed by atoms with Crippen molar-refractivity contribution in [2.24, 2.45) is 0 Å². The molecule has 0 aliphatic heterocycles. The lowest BCUT2D eigenvalue weighted by Crippen LogP contribution is -2.37. The summed E-state index contributed by atoms with van der Waals surface area (Å²) in [4.78, 5) is 12.3. The van der Waals surface area contributed by atoms with Gasteiger partial charge >= 0.3 is 5.97 Å². The van der Waals surface area contributed by atoms with Crippen molar-refractivity contribution < 1.29 is 9.90 Å². The molecule has 1 N–H and O–H groups in total. The molecule has 0 unspecified atom stereocenters. The summed E-state index contributed by atoms with van der Waals surface area (Å²) < 4.78 is 0. The minimum absolute atomic E-state index is 0.684. The molecule has 0 heterocycles. The summed E-state index contributed by atoms with van der Waals surface area (Å²) in [5.41, 5.74) is 0. The van der Waals surface area contributed by atoms with Crippen LogP contribution in [0.3, 0.4) is 0 Å². The Labute approximate surface area is 72.7 Å². The van der Waals surface area contributed by atoms with Gasteiger partial charge in [-0.1, -0.05) is 12.5 Å². The van der Waals surface area contributed by atoms with Gasteiger partial charge in [0, 0.05) is 18.7 Å². The maximum absolute atomic E-state index is 10.1. The van der Waals surface area contributed by atoms with Crippen molar-refractivity contribution in [1.82, 2.24) is 4.90 Å². The van der Waals surface area contributed by atoms with Gasteiger partial charge in [-0.25, -0.2) is 4.79 Å². The molecule has 12 heavy (non-hydrogen) atoms. The van der Waals surface area contributed by atoms with Gasteiger partial charge in [0.05, 0.1) is 0 Å². The molecule has 0 aromatic carbocycles. The Bertz CT molecular complexity index is 185. The number of rotatable bonds is 4. The number of carboxylic acid groups (broad SMARTS) is 1. The van der Waals surface area contributed by atoms with Crippen LogP contribution >= 0.6 is 0 Å². The number of carboxylic acids is 1. The van der Waals surface area contributed by atoms with Gasteiger partial charge in [-0.15, -0.1) is 0 Å². The summed E-state index contributed by atoms with van der Waals surface area (Å²) in [5, 5.41) is 8.33. The maximum atomic E-state index is 10.1. The normalized spacial score (nSPS) is 18.5. The van der Waals surface area contributed by atoms with E-state index in [4.69, 9.17) is 5.11 Å². The number of hydrogen-bond acceptors (Lipinski definition) is 2. The Balaban J connectivity index is 2.17. The van der Waals surface area contributed by atoms with E-state index in [0.717, 1.165) is 6.54 Å². The van der Waals surface area contributed by atoms with E-state index in [1.807, 2.05) is 7.05 Å². The summed E-state index contributed by atoms with van der Waals surface area (Å²) in [7, 11) is 2.04. The number of likely N-dealkylation sites (N-methyl/N-ethyl adjacent to an activating group) is 1. The fourth-order valence-electron chi connectivity index (χ4n) is 1.30. The van der Waals surface area contributed by atoms with Gasteiger partial charge in [0.25, 0.3) is 0 Å². The maximum Gasteiger partial charge on any atom is 0.328 e. The molecule has 1 aliphatic carbocycles. The zero-order chi connectivity index (χ0) is 8.97. The summed E-state index contributed by atoms with van der Waals surface area (Å²) in [6.45, 7) is 0.747. The first-order valence-corrected chi connectivity index (χ1v) is 4.30. The largest absolute Gasteiger partial charge is 0.478 e. The second-order valence-electron chi connectivity index (χ2n) is 3.26. The van der Waals surface area contributed by atoms with Crippen molar-refractivity contribution in [2.45, 2.75) is 25.3 Å². The Hall–Kier alpha value is -0.830. The third-order valence-corrected chi connectivity index (χ3v) is 2.35. The molecular formula is C9H15NO2. The van der Waals surface area contributed by atoms with Crippen LogP contribution in [0.5, 0.6) is 0 Å². The standard InChI is InChI=1S/C9H15NO2/c1-10(8-4-2-5-8)7-3-6-9(11)12/h3,6,8H,2,4-5,7H2,1H3,(H,11,12). The Morgan fingerprint density at radius 2 is 2.33 bits per heavy atom. The van der Waals surface area contributed by atoms with Crippen LogP contribution in [0.15, 0.2) is 12.2 Å². The van der Waals surface area contributed by atoms with Gasteiger partial charge in [-0.3, -0.25) is 4.90 Å². The van der Waals surface area contributed by atoms with Crippen LogP contribution in [0, 0.1) is 0 Å². The molecule has 0 saturated heterocycles. The average molecular weight is 169 g/mol. The van der Waals surface area contributed by atoms with E-state index >= 15 is 0 Å². The summed E-state index contributed by atoms with van der Waals surface area (Å²) in [6.07, 6.45) is 6.74. The summed E-state index contributed by atoms with van der Waals surface area (Å²) >= 11 is 0. The number of carbonyl (C=O) groups is 1. The lowest BCUT2D eigenvalue weighted by Gasteiger charge is -2.33. The van der Waals surface area contributed by atoms with Crippen molar-refractivity contribution in [1.29, 1.82) is 0 Å². The van der Waals surface area contributed by atoms with E-state index in [2.05, 4.69) is 4.90 Å². The molecule has 3 heteroatoms. The highest BCUT2D eigenvalue weighted by Crippen LogP contribution is 2.22. The number of nitrogens with zero attached hydrogens (tertiary/aromatic N) is 1. The molecule has 1 fully saturated rings. The van der Waals surface area contributed by atoms with Gasteiger partial charge in [0.2, 0.25) is 0 Å². The summed E-state index contributed by atoms with van der Waals surface area (Å²) in [5.74, 6) is -0.864. The van der Waals surface area contributed by atoms with Crippen LogP contribution in [0.2, 0.25) is 0 Å². The van der Waals surface area contributed by atoms with Gasteiger partial charge in [-0.2, -0.15) is 0 Å². The van der Waals surface area contributed by atoms with Crippen LogP contribution in [0.4, 0.5) is 0 Å². The number of aliphatic carboxylic acids is 1. The van der Waals surface area contributed by atoms with Gasteiger partial charge in [-0.05, 0) is 19.9 Å². The molecule has 1 rings (SSSR count). The average Bonchev–Trinajstić information content (AvgIpc) is 1.81. The van der Waals surface area contributed by atoms with E-state index in [-0.39, 0.29) is 0 Å². The van der Waals surface area contributed by atoms with Crippen molar-refractivity contribution in [3.63, 3.8) is 0 Å². The smallest absolute Gasteiger partial charge is 0.328 e. The van der Waals surface area contributed by atoms with E-state index in [1.165, 1.54) is 25.3 Å². The molecule has 0 atom stereocenters. The predicted molar refractivity (Wildman–Crippen MR) is 47.0 cm³/mol. The zero-order valence-corrected chi connectivity index (χ0v) is 7.36. The molecule has 68 valence electrons. The zero-order valence-electron chi connectivity index (χ0n) is 7.36. The predicted octanol–water partition coefficient (Wildman–Crippen LogP) is 1.11. The van der Waals surface area contributed by atoms with Crippen molar-refractivity contribution in [2.75, 3.05) is 13.6 Å². The molecular weight excluding hydrogens is 154 g/mol. The van der Waals surface area contributed by atoms with Crippen molar-refractivity contribution in [3.05, 3.63) is 12.2 Å². The first-order valence-electron chi connectivity index (χ1n) is 4.30. The highest BCUT2D eigenvalue weighted by Gasteiger charge is 2.20. The minimum Gasteiger partial charge on any atom is -0.478 e. The van der Waals surface area contributed by atoms with E-state index in [1.54, 1.807) is 6.08 Å². The van der Waals surface area contributed by atoms with Crippen LogP contribution in [-0.4, -0.2) is 35.6 Å². The SMILES string of the molecule is CN(CC=CC(=O)O)C1CCC1. The van der Waals surface area contributed by atoms with E-state index in [0.29, 0.717) is 6.04 Å². The molecule has 0 radical (unpaired) electrons. The third-order valence-electron chi connectivity index (χ3n) is 2.35. The van der Waals surface area contributed by atoms with Gasteiger partial charge in [0.15, 0.2) is 0 Å². The van der Waals surface area contributed by atoms with Crippen LogP contribution < -0.4 is 0 Å². The molecule has 0 spiro atoms. The Morgan fingerprint density at radius 1 is 1.67 bits per heavy atom. The topological polar surface area (TPSA) is 40.5 Å². The Kier molecular flexibility index (Phi) is 3.29. The molecule has 1 saturated carbocycles. The molecule has 3 nitrogen and oxygen atoms in total. The fraction of sp³-hybridized carbons (Fsp3) is 0.667. The molecule has 0 aromatic rings. The lowest BCUT2D eigenvalue weighted by atomic mass is 9.92. The molecule has 0 bridgehead atoms. The van der Waals surface area contributed by atoms with E-state index < -0.39 is 5.97 Å². The van der Waals surface area contributed by atoms with Crippen molar-refractivity contribution >= 4 is 5.97 Å². The van der Waals surface area contributed by atoms with E-state index in [9.17, 15) is 4.79 Å². The monoisotopic (exact) mass is 169 g/mol. The minimum atomic E-state index is -0.864. The van der Waals surface area contributed by atoms with Crippen LogP contribution in [-0.2, 0) is 4.79 Å². The van der Waals surface area contributed by atoms with Crippen molar-refractivity contribution in [3.8, 4) is 0 Å². The third kappa shape index (κ3) is 2.66. The quantitative estimate of drug-likeness (QED) is 0.641. The van der Waals surface area contributed by atoms with Gasteiger partial charge in [0.1, 0.15) is 0 Å². The highest BCUT2D eigenvalue weighted by molar-refractivity contribution is 5.79. The second kappa shape index (κ2) is 4.26. The first-order chi connectivity index (χ1) is 5.70. The molecule has 0 aromatic heterocycles.